The number of aromatic carboxylic acids is 1. The Hall–Kier alpha value is -2.76. The second-order valence-corrected chi connectivity index (χ2v) is 4.91. The topological polar surface area (TPSA) is 80.9 Å². The molecule has 0 saturated carbocycles. The fraction of sp³-hybridized carbons (Fsp3) is 0.200. The van der Waals surface area contributed by atoms with Gasteiger partial charge in [-0.05, 0) is 30.7 Å². The van der Waals surface area contributed by atoms with Gasteiger partial charge in [-0.15, -0.1) is 0 Å². The molecule has 0 aliphatic carbocycles. The number of benzene rings is 1. The van der Waals surface area contributed by atoms with Gasteiger partial charge in [-0.3, -0.25) is 4.98 Å². The summed E-state index contributed by atoms with van der Waals surface area (Å²) in [5, 5.41) is 18.4. The highest BCUT2D eigenvalue weighted by Gasteiger charge is 2.11. The summed E-state index contributed by atoms with van der Waals surface area (Å²) in [6.45, 7) is 1.91. The van der Waals surface area contributed by atoms with E-state index < -0.39 is 5.97 Å². The van der Waals surface area contributed by atoms with Crippen molar-refractivity contribution in [1.29, 1.82) is 0 Å². The van der Waals surface area contributed by atoms with Gasteiger partial charge in [-0.25, -0.2) is 4.79 Å². The average Bonchev–Trinajstić information content (AvgIpc) is 2.76. The molecule has 2 heterocycles. The molecular formula is C15H14N4O2. The maximum Gasteiger partial charge on any atom is 0.336 e. The summed E-state index contributed by atoms with van der Waals surface area (Å²) < 4.78 is 0. The molecule has 0 amide bonds. The molecule has 1 aromatic carbocycles. The van der Waals surface area contributed by atoms with Crippen molar-refractivity contribution < 1.29 is 9.90 Å². The summed E-state index contributed by atoms with van der Waals surface area (Å²) in [6, 6.07) is 7.15. The van der Waals surface area contributed by atoms with Crippen LogP contribution >= 0.6 is 0 Å². The van der Waals surface area contributed by atoms with Crippen LogP contribution in [-0.4, -0.2) is 31.1 Å². The van der Waals surface area contributed by atoms with E-state index in [2.05, 4.69) is 15.2 Å². The molecule has 3 aromatic rings. The fourth-order valence-corrected chi connectivity index (χ4v) is 2.39. The molecule has 3 rings (SSSR count). The fourth-order valence-electron chi connectivity index (χ4n) is 2.39. The van der Waals surface area contributed by atoms with Crippen molar-refractivity contribution >= 4 is 16.9 Å². The lowest BCUT2D eigenvalue weighted by Crippen LogP contribution is -1.99. The molecule has 0 fully saturated rings. The Morgan fingerprint density at radius 3 is 2.76 bits per heavy atom. The highest BCUT2D eigenvalue weighted by Crippen LogP contribution is 2.20. The van der Waals surface area contributed by atoms with Gasteiger partial charge < -0.3 is 5.11 Å². The van der Waals surface area contributed by atoms with Gasteiger partial charge in [0.1, 0.15) is 0 Å². The summed E-state index contributed by atoms with van der Waals surface area (Å²) >= 11 is 0. The number of fused-ring (bicyclic) bond motifs is 1. The molecular weight excluding hydrogens is 268 g/mol. The number of aryl methyl sites for hydroxylation is 2. The zero-order valence-corrected chi connectivity index (χ0v) is 11.7. The van der Waals surface area contributed by atoms with E-state index in [9.17, 15) is 9.90 Å². The van der Waals surface area contributed by atoms with Crippen molar-refractivity contribution in [2.75, 3.05) is 0 Å². The highest BCUT2D eigenvalue weighted by atomic mass is 16.4. The molecule has 0 atom stereocenters. The minimum absolute atomic E-state index is 0.262. The van der Waals surface area contributed by atoms with Gasteiger partial charge in [0.25, 0.3) is 0 Å². The lowest BCUT2D eigenvalue weighted by atomic mass is 10.0. The molecule has 0 bridgehead atoms. The van der Waals surface area contributed by atoms with Crippen LogP contribution in [0.3, 0.4) is 0 Å². The number of carboxylic acids is 1. The lowest BCUT2D eigenvalue weighted by molar-refractivity contribution is 0.0699. The minimum atomic E-state index is -0.949. The second-order valence-electron chi connectivity index (χ2n) is 4.91. The number of hydrogen-bond donors (Lipinski definition) is 1. The van der Waals surface area contributed by atoms with Gasteiger partial charge >= 0.3 is 5.97 Å². The standard InChI is InChI=1S/C15H14N4O2/c1-9-14(18-19(2)17-9)8-10-3-4-13-12(7-10)11(15(20)21)5-6-16-13/h3-7H,8H2,1-2H3,(H,20,21). The molecule has 0 unspecified atom stereocenters. The van der Waals surface area contributed by atoms with Gasteiger partial charge in [0.2, 0.25) is 0 Å². The van der Waals surface area contributed by atoms with Crippen LogP contribution in [0.25, 0.3) is 10.9 Å². The Balaban J connectivity index is 2.06. The van der Waals surface area contributed by atoms with Gasteiger partial charge in [0, 0.05) is 25.1 Å². The van der Waals surface area contributed by atoms with Crippen LogP contribution in [0.1, 0.15) is 27.3 Å². The number of pyridine rings is 1. The van der Waals surface area contributed by atoms with Gasteiger partial charge in [0.15, 0.2) is 0 Å². The number of carbonyl (C=O) groups is 1. The molecule has 0 aliphatic heterocycles. The molecule has 1 N–H and O–H groups in total. The number of rotatable bonds is 3. The Morgan fingerprint density at radius 1 is 1.29 bits per heavy atom. The van der Waals surface area contributed by atoms with Crippen LogP contribution in [0.15, 0.2) is 30.5 Å². The Morgan fingerprint density at radius 2 is 2.10 bits per heavy atom. The van der Waals surface area contributed by atoms with E-state index in [0.717, 1.165) is 17.0 Å². The van der Waals surface area contributed by atoms with Crippen molar-refractivity contribution in [3.63, 3.8) is 0 Å². The van der Waals surface area contributed by atoms with Crippen LogP contribution in [0, 0.1) is 6.92 Å². The molecule has 106 valence electrons. The van der Waals surface area contributed by atoms with Gasteiger partial charge in [-0.1, -0.05) is 6.07 Å². The van der Waals surface area contributed by atoms with E-state index in [1.165, 1.54) is 17.1 Å². The van der Waals surface area contributed by atoms with Gasteiger partial charge in [-0.2, -0.15) is 15.0 Å². The molecule has 0 radical (unpaired) electrons. The van der Waals surface area contributed by atoms with Crippen molar-refractivity contribution in [1.82, 2.24) is 20.0 Å². The number of nitrogens with zero attached hydrogens (tertiary/aromatic N) is 4. The minimum Gasteiger partial charge on any atom is -0.478 e. The van der Waals surface area contributed by atoms with E-state index in [1.54, 1.807) is 7.05 Å². The molecule has 6 heteroatoms. The smallest absolute Gasteiger partial charge is 0.336 e. The van der Waals surface area contributed by atoms with Crippen molar-refractivity contribution in [2.45, 2.75) is 13.3 Å². The quantitative estimate of drug-likeness (QED) is 0.794. The average molecular weight is 282 g/mol. The third-order valence-electron chi connectivity index (χ3n) is 3.39. The number of carboxylic acid groups (broad SMARTS) is 1. The predicted molar refractivity (Wildman–Crippen MR) is 77.2 cm³/mol. The first-order valence-electron chi connectivity index (χ1n) is 6.52. The monoisotopic (exact) mass is 282 g/mol. The maximum absolute atomic E-state index is 11.3. The molecule has 2 aromatic heterocycles. The molecule has 0 spiro atoms. The van der Waals surface area contributed by atoms with Crippen LogP contribution in [0.4, 0.5) is 0 Å². The lowest BCUT2D eigenvalue weighted by Gasteiger charge is -2.05. The predicted octanol–water partition coefficient (Wildman–Crippen LogP) is 1.96. The number of hydrogen-bond acceptors (Lipinski definition) is 4. The summed E-state index contributed by atoms with van der Waals surface area (Å²) in [5.41, 5.74) is 3.69. The summed E-state index contributed by atoms with van der Waals surface area (Å²) in [7, 11) is 1.78. The third-order valence-corrected chi connectivity index (χ3v) is 3.39. The number of aromatic nitrogens is 4. The first kappa shape index (κ1) is 13.2. The largest absolute Gasteiger partial charge is 0.478 e. The Kier molecular flexibility index (Phi) is 3.13. The third kappa shape index (κ3) is 2.47. The first-order chi connectivity index (χ1) is 10.0. The van der Waals surface area contributed by atoms with Crippen LogP contribution in [0.5, 0.6) is 0 Å². The molecule has 6 nitrogen and oxygen atoms in total. The van der Waals surface area contributed by atoms with E-state index in [4.69, 9.17) is 0 Å². The molecule has 0 aliphatic rings. The second kappa shape index (κ2) is 4.97. The zero-order valence-electron chi connectivity index (χ0n) is 11.7. The van der Waals surface area contributed by atoms with E-state index in [1.807, 2.05) is 25.1 Å². The van der Waals surface area contributed by atoms with Crippen LogP contribution in [-0.2, 0) is 13.5 Å². The van der Waals surface area contributed by atoms with E-state index >= 15 is 0 Å². The van der Waals surface area contributed by atoms with Crippen molar-refractivity contribution in [2.24, 2.45) is 7.05 Å². The van der Waals surface area contributed by atoms with Gasteiger partial charge in [0.05, 0.1) is 22.5 Å². The summed E-state index contributed by atoms with van der Waals surface area (Å²) in [6.07, 6.45) is 2.13. The Bertz CT molecular complexity index is 839. The van der Waals surface area contributed by atoms with Crippen LogP contribution in [0.2, 0.25) is 0 Å². The molecule has 0 saturated heterocycles. The van der Waals surface area contributed by atoms with Crippen LogP contribution < -0.4 is 0 Å². The zero-order chi connectivity index (χ0) is 15.0. The van der Waals surface area contributed by atoms with Crippen molar-refractivity contribution in [3.05, 3.63) is 53.0 Å². The summed E-state index contributed by atoms with van der Waals surface area (Å²) in [5.74, 6) is -0.949. The normalized spacial score (nSPS) is 11.0. The highest BCUT2D eigenvalue weighted by molar-refractivity contribution is 6.02. The Labute approximate surface area is 121 Å². The summed E-state index contributed by atoms with van der Waals surface area (Å²) in [4.78, 5) is 17.0. The maximum atomic E-state index is 11.3. The SMILES string of the molecule is Cc1nn(C)nc1Cc1ccc2nccc(C(=O)O)c2c1. The van der Waals surface area contributed by atoms with E-state index in [-0.39, 0.29) is 5.56 Å². The van der Waals surface area contributed by atoms with Crippen molar-refractivity contribution in [3.8, 4) is 0 Å². The first-order valence-corrected chi connectivity index (χ1v) is 6.52. The van der Waals surface area contributed by atoms with E-state index in [0.29, 0.717) is 17.3 Å². The molecule has 21 heavy (non-hydrogen) atoms.